The lowest BCUT2D eigenvalue weighted by molar-refractivity contribution is -0.117. The number of nitrogens with zero attached hydrogens (tertiary/aromatic N) is 2. The fourth-order valence-corrected chi connectivity index (χ4v) is 1.99. The van der Waals surface area contributed by atoms with Crippen LogP contribution in [0.4, 0.5) is 5.69 Å². The van der Waals surface area contributed by atoms with E-state index in [0.29, 0.717) is 6.54 Å². The van der Waals surface area contributed by atoms with Crippen molar-refractivity contribution < 1.29 is 4.79 Å². The molecule has 2 rings (SSSR count). The largest absolute Gasteiger partial charge is 0.360 e. The minimum Gasteiger partial charge on any atom is -0.360 e. The van der Waals surface area contributed by atoms with E-state index in [1.54, 1.807) is 18.5 Å². The number of carbonyl (C=O) groups is 1. The second kappa shape index (κ2) is 7.76. The summed E-state index contributed by atoms with van der Waals surface area (Å²) in [5.74, 6) is -0.422. The Morgan fingerprint density at radius 1 is 1.30 bits per heavy atom. The Bertz CT molecular complexity index is 760. The molecule has 23 heavy (non-hydrogen) atoms. The number of carbonyl (C=O) groups excluding carboxylic acids is 1. The molecule has 2 aromatic rings. The maximum Gasteiger partial charge on any atom is 0.263 e. The third-order valence-electron chi connectivity index (χ3n) is 3.52. The molecule has 1 amide bonds. The molecule has 0 atom stereocenters. The molecule has 116 valence electrons. The monoisotopic (exact) mass is 306 g/mol. The van der Waals surface area contributed by atoms with Gasteiger partial charge in [-0.05, 0) is 42.7 Å². The number of aryl methyl sites for hydroxylation is 1. The Labute approximate surface area is 135 Å². The Morgan fingerprint density at radius 2 is 2.13 bits per heavy atom. The van der Waals surface area contributed by atoms with Gasteiger partial charge in [0.25, 0.3) is 5.91 Å². The van der Waals surface area contributed by atoms with E-state index in [1.807, 2.05) is 44.2 Å². The molecule has 0 saturated heterocycles. The van der Waals surface area contributed by atoms with Crippen LogP contribution in [0, 0.1) is 25.2 Å². The van der Waals surface area contributed by atoms with Gasteiger partial charge in [-0.25, -0.2) is 0 Å². The van der Waals surface area contributed by atoms with Gasteiger partial charge >= 0.3 is 0 Å². The van der Waals surface area contributed by atoms with Crippen LogP contribution in [0.2, 0.25) is 0 Å². The number of hydrogen-bond acceptors (Lipinski definition) is 4. The SMILES string of the molecule is Cc1cccc(N/C=C(/C#N)C(=O)NCc2cccnc2)c1C. The molecule has 5 nitrogen and oxygen atoms in total. The second-order valence-corrected chi connectivity index (χ2v) is 5.11. The number of rotatable bonds is 5. The van der Waals surface area contributed by atoms with E-state index in [1.165, 1.54) is 6.20 Å². The van der Waals surface area contributed by atoms with Crippen LogP contribution in [-0.4, -0.2) is 10.9 Å². The van der Waals surface area contributed by atoms with Crippen molar-refractivity contribution >= 4 is 11.6 Å². The first kappa shape index (κ1) is 16.2. The van der Waals surface area contributed by atoms with E-state index in [0.717, 1.165) is 22.4 Å². The molecule has 0 fully saturated rings. The van der Waals surface area contributed by atoms with Crippen LogP contribution < -0.4 is 10.6 Å². The molecule has 0 radical (unpaired) electrons. The first-order chi connectivity index (χ1) is 11.1. The minimum atomic E-state index is -0.422. The molecule has 1 aromatic heterocycles. The summed E-state index contributed by atoms with van der Waals surface area (Å²) in [6.07, 6.45) is 4.77. The zero-order chi connectivity index (χ0) is 16.7. The predicted octanol–water partition coefficient (Wildman–Crippen LogP) is 2.83. The standard InChI is InChI=1S/C18H18N4O/c1-13-5-3-7-17(14(13)2)21-12-16(9-19)18(23)22-11-15-6-4-8-20-10-15/h3-8,10,12,21H,11H2,1-2H3,(H,22,23)/b16-12-. The first-order valence-electron chi connectivity index (χ1n) is 7.22. The second-order valence-electron chi connectivity index (χ2n) is 5.11. The number of benzene rings is 1. The molecule has 0 aliphatic heterocycles. The fourth-order valence-electron chi connectivity index (χ4n) is 1.99. The highest BCUT2D eigenvalue weighted by Crippen LogP contribution is 2.18. The number of hydrogen-bond donors (Lipinski definition) is 2. The quantitative estimate of drug-likeness (QED) is 0.658. The van der Waals surface area contributed by atoms with Gasteiger partial charge in [0.15, 0.2) is 0 Å². The zero-order valence-electron chi connectivity index (χ0n) is 13.1. The lowest BCUT2D eigenvalue weighted by Crippen LogP contribution is -2.24. The van der Waals surface area contributed by atoms with Crippen molar-refractivity contribution in [1.82, 2.24) is 10.3 Å². The molecule has 0 saturated carbocycles. The van der Waals surface area contributed by atoms with Crippen molar-refractivity contribution in [2.24, 2.45) is 0 Å². The van der Waals surface area contributed by atoms with E-state index in [-0.39, 0.29) is 5.57 Å². The summed E-state index contributed by atoms with van der Waals surface area (Å²) >= 11 is 0. The van der Waals surface area contributed by atoms with Crippen LogP contribution in [0.25, 0.3) is 0 Å². The van der Waals surface area contributed by atoms with Crippen molar-refractivity contribution in [2.75, 3.05) is 5.32 Å². The summed E-state index contributed by atoms with van der Waals surface area (Å²) in [6, 6.07) is 11.4. The van der Waals surface area contributed by atoms with E-state index in [4.69, 9.17) is 5.26 Å². The smallest absolute Gasteiger partial charge is 0.263 e. The van der Waals surface area contributed by atoms with E-state index >= 15 is 0 Å². The van der Waals surface area contributed by atoms with Crippen molar-refractivity contribution in [3.05, 3.63) is 71.2 Å². The molecule has 0 aliphatic carbocycles. The topological polar surface area (TPSA) is 77.8 Å². The molecule has 5 heteroatoms. The summed E-state index contributed by atoms with van der Waals surface area (Å²) in [7, 11) is 0. The van der Waals surface area contributed by atoms with Crippen LogP contribution in [-0.2, 0) is 11.3 Å². The Kier molecular flexibility index (Phi) is 5.48. The number of nitriles is 1. The van der Waals surface area contributed by atoms with Gasteiger partial charge in [0.2, 0.25) is 0 Å². The highest BCUT2D eigenvalue weighted by Gasteiger charge is 2.09. The number of anilines is 1. The molecular weight excluding hydrogens is 288 g/mol. The molecule has 2 N–H and O–H groups in total. The van der Waals surface area contributed by atoms with E-state index in [9.17, 15) is 4.79 Å². The molecule has 0 unspecified atom stereocenters. The van der Waals surface area contributed by atoms with Crippen molar-refractivity contribution in [2.45, 2.75) is 20.4 Å². The number of aromatic nitrogens is 1. The van der Waals surface area contributed by atoms with Gasteiger partial charge in [0, 0.05) is 30.8 Å². The fraction of sp³-hybridized carbons (Fsp3) is 0.167. The average Bonchev–Trinajstić information content (AvgIpc) is 2.58. The molecule has 1 aromatic carbocycles. The van der Waals surface area contributed by atoms with Crippen molar-refractivity contribution in [1.29, 1.82) is 5.26 Å². The maximum atomic E-state index is 12.1. The van der Waals surface area contributed by atoms with Gasteiger partial charge in [0.05, 0.1) is 0 Å². The summed E-state index contributed by atoms with van der Waals surface area (Å²) < 4.78 is 0. The Hall–Kier alpha value is -3.13. The highest BCUT2D eigenvalue weighted by molar-refractivity contribution is 5.97. The van der Waals surface area contributed by atoms with E-state index in [2.05, 4.69) is 15.6 Å². The van der Waals surface area contributed by atoms with Gasteiger partial charge in [-0.15, -0.1) is 0 Å². The van der Waals surface area contributed by atoms with Gasteiger partial charge < -0.3 is 10.6 Å². The average molecular weight is 306 g/mol. The minimum absolute atomic E-state index is 0.0230. The van der Waals surface area contributed by atoms with E-state index < -0.39 is 5.91 Å². The lowest BCUT2D eigenvalue weighted by atomic mass is 10.1. The van der Waals surface area contributed by atoms with Gasteiger partial charge in [-0.2, -0.15) is 5.26 Å². The molecule has 0 aliphatic rings. The predicted molar refractivity (Wildman–Crippen MR) is 89.3 cm³/mol. The van der Waals surface area contributed by atoms with Crippen molar-refractivity contribution in [3.8, 4) is 6.07 Å². The summed E-state index contributed by atoms with van der Waals surface area (Å²) in [5, 5.41) is 14.9. The summed E-state index contributed by atoms with van der Waals surface area (Å²) in [4.78, 5) is 16.0. The van der Waals surface area contributed by atoms with Gasteiger partial charge in [-0.1, -0.05) is 18.2 Å². The lowest BCUT2D eigenvalue weighted by Gasteiger charge is -2.09. The summed E-state index contributed by atoms with van der Waals surface area (Å²) in [5.41, 5.74) is 3.99. The van der Waals surface area contributed by atoms with Crippen LogP contribution in [0.15, 0.2) is 54.5 Å². The third kappa shape index (κ3) is 4.42. The van der Waals surface area contributed by atoms with Crippen LogP contribution in [0.1, 0.15) is 16.7 Å². The van der Waals surface area contributed by atoms with Crippen LogP contribution >= 0.6 is 0 Å². The third-order valence-corrected chi connectivity index (χ3v) is 3.52. The van der Waals surface area contributed by atoms with Crippen molar-refractivity contribution in [3.63, 3.8) is 0 Å². The molecule has 0 spiro atoms. The number of pyridine rings is 1. The Morgan fingerprint density at radius 3 is 2.83 bits per heavy atom. The van der Waals surface area contributed by atoms with Crippen LogP contribution in [0.3, 0.4) is 0 Å². The van der Waals surface area contributed by atoms with Gasteiger partial charge in [0.1, 0.15) is 11.6 Å². The number of amides is 1. The normalized spacial score (nSPS) is 10.7. The Balaban J connectivity index is 2.02. The molecular formula is C18H18N4O. The van der Waals surface area contributed by atoms with Crippen LogP contribution in [0.5, 0.6) is 0 Å². The highest BCUT2D eigenvalue weighted by atomic mass is 16.1. The zero-order valence-corrected chi connectivity index (χ0v) is 13.1. The van der Waals surface area contributed by atoms with Gasteiger partial charge in [-0.3, -0.25) is 9.78 Å². The number of nitrogens with one attached hydrogen (secondary N) is 2. The molecule has 0 bridgehead atoms. The first-order valence-corrected chi connectivity index (χ1v) is 7.22. The maximum absolute atomic E-state index is 12.1. The molecule has 1 heterocycles. The summed E-state index contributed by atoms with van der Waals surface area (Å²) in [6.45, 7) is 4.32.